The lowest BCUT2D eigenvalue weighted by Crippen LogP contribution is -2.58. The molecule has 2 aliphatic rings. The molecule has 0 saturated carbocycles. The van der Waals surface area contributed by atoms with E-state index < -0.39 is 18.3 Å². The van der Waals surface area contributed by atoms with Gasteiger partial charge in [-0.2, -0.15) is 0 Å². The van der Waals surface area contributed by atoms with E-state index in [1.54, 1.807) is 0 Å². The van der Waals surface area contributed by atoms with Crippen molar-refractivity contribution >= 4 is 0 Å². The predicted molar refractivity (Wildman–Crippen MR) is 42.6 cm³/mol. The summed E-state index contributed by atoms with van der Waals surface area (Å²) < 4.78 is 0. The highest BCUT2D eigenvalue weighted by Crippen LogP contribution is 2.27. The molecule has 2 heterocycles. The summed E-state index contributed by atoms with van der Waals surface area (Å²) >= 11 is 0. The lowest BCUT2D eigenvalue weighted by atomic mass is 9.94. The van der Waals surface area contributed by atoms with Gasteiger partial charge in [-0.15, -0.1) is 0 Å². The first-order valence-electron chi connectivity index (χ1n) is 4.48. The normalized spacial score (nSPS) is 49.2. The van der Waals surface area contributed by atoms with Gasteiger partial charge in [-0.25, -0.2) is 0 Å². The van der Waals surface area contributed by atoms with Gasteiger partial charge >= 0.3 is 0 Å². The number of hydrogen-bond donors (Lipinski definition) is 3. The summed E-state index contributed by atoms with van der Waals surface area (Å²) in [6.07, 6.45) is -0.513. The zero-order valence-corrected chi connectivity index (χ0v) is 6.93. The van der Waals surface area contributed by atoms with E-state index in [0.29, 0.717) is 6.54 Å². The SMILES string of the molecule is O[C@H]1[C@H](O)[C@@H](O)CN2CCC[C@H]12. The van der Waals surface area contributed by atoms with E-state index in [0.717, 1.165) is 19.4 Å². The third-order valence-corrected chi connectivity index (χ3v) is 2.97. The van der Waals surface area contributed by atoms with Crippen LogP contribution in [0.4, 0.5) is 0 Å². The number of nitrogens with zero attached hydrogens (tertiary/aromatic N) is 1. The van der Waals surface area contributed by atoms with Gasteiger partial charge in [0.25, 0.3) is 0 Å². The molecule has 70 valence electrons. The van der Waals surface area contributed by atoms with Crippen LogP contribution in [-0.2, 0) is 0 Å². The maximum atomic E-state index is 9.57. The van der Waals surface area contributed by atoms with E-state index in [1.165, 1.54) is 0 Å². The summed E-state index contributed by atoms with van der Waals surface area (Å²) in [5.41, 5.74) is 0. The van der Waals surface area contributed by atoms with E-state index in [9.17, 15) is 15.3 Å². The summed E-state index contributed by atoms with van der Waals surface area (Å²) in [6.45, 7) is 1.44. The monoisotopic (exact) mass is 173 g/mol. The molecule has 2 rings (SSSR count). The molecule has 4 nitrogen and oxygen atoms in total. The van der Waals surface area contributed by atoms with Crippen LogP contribution in [0.15, 0.2) is 0 Å². The third kappa shape index (κ3) is 1.15. The molecule has 4 heteroatoms. The molecular weight excluding hydrogens is 158 g/mol. The van der Waals surface area contributed by atoms with Gasteiger partial charge in [0.05, 0.1) is 12.2 Å². The van der Waals surface area contributed by atoms with Crippen LogP contribution >= 0.6 is 0 Å². The van der Waals surface area contributed by atoms with E-state index in [-0.39, 0.29) is 6.04 Å². The van der Waals surface area contributed by atoms with Crippen LogP contribution in [-0.4, -0.2) is 57.7 Å². The molecule has 0 aromatic heterocycles. The zero-order chi connectivity index (χ0) is 8.72. The van der Waals surface area contributed by atoms with E-state index in [2.05, 4.69) is 4.90 Å². The molecule has 0 aromatic carbocycles. The van der Waals surface area contributed by atoms with Crippen molar-refractivity contribution in [3.63, 3.8) is 0 Å². The van der Waals surface area contributed by atoms with Gasteiger partial charge in [-0.3, -0.25) is 4.90 Å². The van der Waals surface area contributed by atoms with Crippen molar-refractivity contribution in [3.8, 4) is 0 Å². The average molecular weight is 173 g/mol. The van der Waals surface area contributed by atoms with Crippen LogP contribution in [0, 0.1) is 0 Å². The Hall–Kier alpha value is -0.160. The standard InChI is InChI=1S/C8H15NO3/c10-6-4-9-3-1-2-5(9)7(11)8(6)12/h5-8,10-12H,1-4H2/t5-,6+,7-,8-/m1/s1. The molecule has 0 amide bonds. The quantitative estimate of drug-likeness (QED) is 0.419. The van der Waals surface area contributed by atoms with Crippen molar-refractivity contribution in [1.82, 2.24) is 4.90 Å². The minimum atomic E-state index is -0.954. The molecular formula is C8H15NO3. The first-order chi connectivity index (χ1) is 5.70. The highest BCUT2D eigenvalue weighted by molar-refractivity contribution is 4.97. The smallest absolute Gasteiger partial charge is 0.108 e. The summed E-state index contributed by atoms with van der Waals surface area (Å²) in [5.74, 6) is 0. The van der Waals surface area contributed by atoms with Gasteiger partial charge in [0, 0.05) is 12.6 Å². The highest BCUT2D eigenvalue weighted by atomic mass is 16.4. The fourth-order valence-electron chi connectivity index (χ4n) is 2.27. The molecule has 4 atom stereocenters. The van der Waals surface area contributed by atoms with Crippen LogP contribution in [0.3, 0.4) is 0 Å². The topological polar surface area (TPSA) is 63.9 Å². The van der Waals surface area contributed by atoms with E-state index >= 15 is 0 Å². The first kappa shape index (κ1) is 8.44. The van der Waals surface area contributed by atoms with Crippen LogP contribution in [0.5, 0.6) is 0 Å². The fraction of sp³-hybridized carbons (Fsp3) is 1.00. The third-order valence-electron chi connectivity index (χ3n) is 2.97. The molecule has 3 N–H and O–H groups in total. The van der Waals surface area contributed by atoms with E-state index in [4.69, 9.17) is 0 Å². The molecule has 2 aliphatic heterocycles. The fourth-order valence-corrected chi connectivity index (χ4v) is 2.27. The number of fused-ring (bicyclic) bond motifs is 1. The maximum absolute atomic E-state index is 9.57. The molecule has 0 aliphatic carbocycles. The Bertz CT molecular complexity index is 176. The Morgan fingerprint density at radius 3 is 2.58 bits per heavy atom. The van der Waals surface area contributed by atoms with Gasteiger partial charge in [-0.1, -0.05) is 0 Å². The average Bonchev–Trinajstić information content (AvgIpc) is 2.48. The molecule has 0 aromatic rings. The number of rotatable bonds is 0. The summed E-state index contributed by atoms with van der Waals surface area (Å²) in [4.78, 5) is 2.06. The minimum Gasteiger partial charge on any atom is -0.389 e. The maximum Gasteiger partial charge on any atom is 0.108 e. The van der Waals surface area contributed by atoms with Crippen molar-refractivity contribution in [3.05, 3.63) is 0 Å². The predicted octanol–water partition coefficient (Wildman–Crippen LogP) is -1.45. The summed E-state index contributed by atoms with van der Waals surface area (Å²) in [7, 11) is 0. The van der Waals surface area contributed by atoms with Crippen LogP contribution in [0.25, 0.3) is 0 Å². The lowest BCUT2D eigenvalue weighted by molar-refractivity contribution is -0.127. The zero-order valence-electron chi connectivity index (χ0n) is 6.93. The highest BCUT2D eigenvalue weighted by Gasteiger charge is 2.42. The Balaban J connectivity index is 2.10. The molecule has 12 heavy (non-hydrogen) atoms. The number of aliphatic hydroxyl groups excluding tert-OH is 3. The number of piperidine rings is 1. The summed E-state index contributed by atoms with van der Waals surface area (Å²) in [5, 5.41) is 28.3. The second-order valence-corrected chi connectivity index (χ2v) is 3.75. The first-order valence-corrected chi connectivity index (χ1v) is 4.48. The molecule has 0 spiro atoms. The van der Waals surface area contributed by atoms with Gasteiger partial charge in [0.1, 0.15) is 6.10 Å². The van der Waals surface area contributed by atoms with Crippen molar-refractivity contribution in [2.45, 2.75) is 37.2 Å². The Kier molecular flexibility index (Phi) is 2.08. The number of aliphatic hydroxyl groups is 3. The van der Waals surface area contributed by atoms with Gasteiger partial charge in [-0.05, 0) is 19.4 Å². The Morgan fingerprint density at radius 1 is 1.08 bits per heavy atom. The molecule has 0 radical (unpaired) electrons. The van der Waals surface area contributed by atoms with Crippen LogP contribution < -0.4 is 0 Å². The minimum absolute atomic E-state index is 0.0726. The molecule has 0 unspecified atom stereocenters. The van der Waals surface area contributed by atoms with Gasteiger partial charge in [0.2, 0.25) is 0 Å². The van der Waals surface area contributed by atoms with Crippen molar-refractivity contribution in [2.75, 3.05) is 13.1 Å². The van der Waals surface area contributed by atoms with Gasteiger partial charge in [0.15, 0.2) is 0 Å². The van der Waals surface area contributed by atoms with Crippen molar-refractivity contribution < 1.29 is 15.3 Å². The van der Waals surface area contributed by atoms with Gasteiger partial charge < -0.3 is 15.3 Å². The largest absolute Gasteiger partial charge is 0.389 e. The van der Waals surface area contributed by atoms with E-state index in [1.807, 2.05) is 0 Å². The Labute approximate surface area is 71.4 Å². The molecule has 2 saturated heterocycles. The second kappa shape index (κ2) is 2.96. The van der Waals surface area contributed by atoms with Crippen molar-refractivity contribution in [2.24, 2.45) is 0 Å². The van der Waals surface area contributed by atoms with Crippen LogP contribution in [0.2, 0.25) is 0 Å². The molecule has 0 bridgehead atoms. The second-order valence-electron chi connectivity index (χ2n) is 3.75. The Morgan fingerprint density at radius 2 is 1.83 bits per heavy atom. The van der Waals surface area contributed by atoms with Crippen LogP contribution in [0.1, 0.15) is 12.8 Å². The van der Waals surface area contributed by atoms with Crippen molar-refractivity contribution in [1.29, 1.82) is 0 Å². The lowest BCUT2D eigenvalue weighted by Gasteiger charge is -2.39. The number of hydrogen-bond acceptors (Lipinski definition) is 4. The molecule has 2 fully saturated rings. The summed E-state index contributed by atoms with van der Waals surface area (Å²) in [6, 6.07) is 0.0726.